The monoisotopic (exact) mass is 450 g/mol. The van der Waals surface area contributed by atoms with E-state index >= 15 is 0 Å². The van der Waals surface area contributed by atoms with E-state index in [1.54, 1.807) is 24.4 Å². The van der Waals surface area contributed by atoms with Gasteiger partial charge in [-0.05, 0) is 47.4 Å². The summed E-state index contributed by atoms with van der Waals surface area (Å²) in [6.07, 6.45) is 1.58. The second kappa shape index (κ2) is 8.82. The molecule has 6 nitrogen and oxygen atoms in total. The van der Waals surface area contributed by atoms with Gasteiger partial charge in [-0.2, -0.15) is 0 Å². The van der Waals surface area contributed by atoms with Gasteiger partial charge in [-0.15, -0.1) is 0 Å². The standard InChI is InChI=1S/C25H30N4O2S/c1-25(2,3)20-9-12-23(13-10-20)32(30,31)27-21-11-14-24(26-19-21)29-17-15-28(16-18-29)22-7-5-4-6-8-22/h4-14,19,27H,15-18H2,1-3H3. The molecule has 1 aliphatic heterocycles. The molecule has 1 N–H and O–H groups in total. The van der Waals surface area contributed by atoms with Gasteiger partial charge in [0.25, 0.3) is 10.0 Å². The van der Waals surface area contributed by atoms with E-state index in [9.17, 15) is 8.42 Å². The summed E-state index contributed by atoms with van der Waals surface area (Å²) >= 11 is 0. The van der Waals surface area contributed by atoms with Crippen LogP contribution in [0, 0.1) is 0 Å². The molecular formula is C25H30N4O2S. The fraction of sp³-hybridized carbons (Fsp3) is 0.320. The van der Waals surface area contributed by atoms with Gasteiger partial charge in [0.15, 0.2) is 0 Å². The van der Waals surface area contributed by atoms with Crippen LogP contribution >= 0.6 is 0 Å². The lowest BCUT2D eigenvalue weighted by Crippen LogP contribution is -2.46. The Hall–Kier alpha value is -3.06. The Morgan fingerprint density at radius 2 is 1.44 bits per heavy atom. The molecule has 0 bridgehead atoms. The predicted molar refractivity (Wildman–Crippen MR) is 131 cm³/mol. The minimum Gasteiger partial charge on any atom is -0.368 e. The maximum Gasteiger partial charge on any atom is 0.261 e. The summed E-state index contributed by atoms with van der Waals surface area (Å²) in [6, 6.07) is 21.1. The number of hydrogen-bond acceptors (Lipinski definition) is 5. The fourth-order valence-corrected chi connectivity index (χ4v) is 4.86. The van der Waals surface area contributed by atoms with Gasteiger partial charge < -0.3 is 9.80 Å². The van der Waals surface area contributed by atoms with Gasteiger partial charge >= 0.3 is 0 Å². The Labute approximate surface area is 191 Å². The van der Waals surface area contributed by atoms with Crippen molar-refractivity contribution in [3.05, 3.63) is 78.5 Å². The summed E-state index contributed by atoms with van der Waals surface area (Å²) < 4.78 is 28.2. The molecule has 168 valence electrons. The van der Waals surface area contributed by atoms with E-state index in [1.807, 2.05) is 24.3 Å². The molecule has 0 amide bonds. The smallest absolute Gasteiger partial charge is 0.261 e. The van der Waals surface area contributed by atoms with Gasteiger partial charge in [0.2, 0.25) is 0 Å². The lowest BCUT2D eigenvalue weighted by atomic mass is 9.87. The van der Waals surface area contributed by atoms with Gasteiger partial charge in [-0.3, -0.25) is 4.72 Å². The minimum absolute atomic E-state index is 0.0257. The van der Waals surface area contributed by atoms with Crippen molar-refractivity contribution in [2.75, 3.05) is 40.7 Å². The molecule has 4 rings (SSSR count). The second-order valence-corrected chi connectivity index (χ2v) is 10.8. The third kappa shape index (κ3) is 5.05. The van der Waals surface area contributed by atoms with Crippen molar-refractivity contribution >= 4 is 27.2 Å². The zero-order valence-corrected chi connectivity index (χ0v) is 19.6. The summed E-state index contributed by atoms with van der Waals surface area (Å²) in [4.78, 5) is 9.34. The molecule has 0 unspecified atom stereocenters. The Bertz CT molecular complexity index is 1130. The van der Waals surface area contributed by atoms with Crippen molar-refractivity contribution in [1.82, 2.24) is 4.98 Å². The van der Waals surface area contributed by atoms with Crippen LogP contribution in [0.4, 0.5) is 17.2 Å². The molecule has 2 aromatic carbocycles. The molecule has 1 aliphatic rings. The van der Waals surface area contributed by atoms with Crippen LogP contribution in [0.15, 0.2) is 77.8 Å². The van der Waals surface area contributed by atoms with Gasteiger partial charge in [0.05, 0.1) is 16.8 Å². The van der Waals surface area contributed by atoms with E-state index in [-0.39, 0.29) is 10.3 Å². The van der Waals surface area contributed by atoms with Crippen molar-refractivity contribution in [2.45, 2.75) is 31.1 Å². The van der Waals surface area contributed by atoms with Crippen LogP contribution in [-0.2, 0) is 15.4 Å². The van der Waals surface area contributed by atoms with E-state index < -0.39 is 10.0 Å². The highest BCUT2D eigenvalue weighted by Gasteiger charge is 2.20. The average Bonchev–Trinajstić information content (AvgIpc) is 2.80. The second-order valence-electron chi connectivity index (χ2n) is 9.09. The first-order valence-electron chi connectivity index (χ1n) is 10.9. The highest BCUT2D eigenvalue weighted by Crippen LogP contribution is 2.25. The summed E-state index contributed by atoms with van der Waals surface area (Å²) in [7, 11) is -3.66. The Balaban J connectivity index is 1.38. The molecule has 0 radical (unpaired) electrons. The van der Waals surface area contributed by atoms with Gasteiger partial charge in [0.1, 0.15) is 5.82 Å². The number of benzene rings is 2. The van der Waals surface area contributed by atoms with Crippen LogP contribution in [0.1, 0.15) is 26.3 Å². The maximum atomic E-state index is 12.8. The number of pyridine rings is 1. The van der Waals surface area contributed by atoms with Crippen LogP contribution < -0.4 is 14.5 Å². The first kappa shape index (κ1) is 22.1. The zero-order chi connectivity index (χ0) is 22.8. The minimum atomic E-state index is -3.66. The average molecular weight is 451 g/mol. The Kier molecular flexibility index (Phi) is 6.11. The highest BCUT2D eigenvalue weighted by atomic mass is 32.2. The molecule has 1 saturated heterocycles. The number of nitrogens with one attached hydrogen (secondary N) is 1. The summed E-state index contributed by atoms with van der Waals surface area (Å²) in [6.45, 7) is 9.88. The number of nitrogens with zero attached hydrogens (tertiary/aromatic N) is 3. The quantitative estimate of drug-likeness (QED) is 0.620. The number of sulfonamides is 1. The molecule has 3 aromatic rings. The van der Waals surface area contributed by atoms with Crippen LogP contribution in [0.25, 0.3) is 0 Å². The number of rotatable bonds is 5. The predicted octanol–water partition coefficient (Wildman–Crippen LogP) is 4.51. The molecular weight excluding hydrogens is 420 g/mol. The first-order valence-corrected chi connectivity index (χ1v) is 12.4. The molecule has 32 heavy (non-hydrogen) atoms. The number of aromatic nitrogens is 1. The molecule has 2 heterocycles. The van der Waals surface area contributed by atoms with E-state index in [0.717, 1.165) is 37.6 Å². The van der Waals surface area contributed by atoms with Crippen LogP contribution in [0.5, 0.6) is 0 Å². The first-order chi connectivity index (χ1) is 15.2. The molecule has 0 aliphatic carbocycles. The zero-order valence-electron chi connectivity index (χ0n) is 18.8. The Morgan fingerprint density at radius 1 is 0.812 bits per heavy atom. The third-order valence-electron chi connectivity index (χ3n) is 5.76. The molecule has 1 fully saturated rings. The summed E-state index contributed by atoms with van der Waals surface area (Å²) in [5.41, 5.74) is 2.76. The summed E-state index contributed by atoms with van der Waals surface area (Å²) in [5, 5.41) is 0. The molecule has 0 saturated carbocycles. The molecule has 0 atom stereocenters. The number of piperazine rings is 1. The molecule has 0 spiro atoms. The van der Waals surface area contributed by atoms with Crippen molar-refractivity contribution in [1.29, 1.82) is 0 Å². The van der Waals surface area contributed by atoms with E-state index in [0.29, 0.717) is 5.69 Å². The largest absolute Gasteiger partial charge is 0.368 e. The van der Waals surface area contributed by atoms with Crippen molar-refractivity contribution in [3.8, 4) is 0 Å². The van der Waals surface area contributed by atoms with Crippen molar-refractivity contribution in [3.63, 3.8) is 0 Å². The number of para-hydroxylation sites is 1. The fourth-order valence-electron chi connectivity index (χ4n) is 3.81. The normalized spacial score (nSPS) is 15.0. The maximum absolute atomic E-state index is 12.8. The van der Waals surface area contributed by atoms with Crippen LogP contribution in [0.3, 0.4) is 0 Å². The number of anilines is 3. The van der Waals surface area contributed by atoms with Gasteiger partial charge in [0, 0.05) is 31.9 Å². The summed E-state index contributed by atoms with van der Waals surface area (Å²) in [5.74, 6) is 0.857. The third-order valence-corrected chi connectivity index (χ3v) is 7.15. The van der Waals surface area contributed by atoms with E-state index in [2.05, 4.69) is 64.5 Å². The topological polar surface area (TPSA) is 65.5 Å². The highest BCUT2D eigenvalue weighted by molar-refractivity contribution is 7.92. The van der Waals surface area contributed by atoms with Crippen LogP contribution in [0.2, 0.25) is 0 Å². The van der Waals surface area contributed by atoms with E-state index in [1.165, 1.54) is 5.69 Å². The molecule has 7 heteroatoms. The van der Waals surface area contributed by atoms with Crippen molar-refractivity contribution < 1.29 is 8.42 Å². The SMILES string of the molecule is CC(C)(C)c1ccc(S(=O)(=O)Nc2ccc(N3CCN(c4ccccc4)CC3)nc2)cc1. The van der Waals surface area contributed by atoms with Gasteiger partial charge in [-0.25, -0.2) is 13.4 Å². The molecule has 1 aromatic heterocycles. The lowest BCUT2D eigenvalue weighted by Gasteiger charge is -2.36. The Morgan fingerprint density at radius 3 is 2.00 bits per heavy atom. The number of hydrogen-bond donors (Lipinski definition) is 1. The lowest BCUT2D eigenvalue weighted by molar-refractivity contribution is 0.587. The van der Waals surface area contributed by atoms with Crippen molar-refractivity contribution in [2.24, 2.45) is 0 Å². The van der Waals surface area contributed by atoms with Crippen LogP contribution in [-0.4, -0.2) is 39.6 Å². The van der Waals surface area contributed by atoms with Gasteiger partial charge in [-0.1, -0.05) is 51.1 Å². The van der Waals surface area contributed by atoms with E-state index in [4.69, 9.17) is 0 Å².